The van der Waals surface area contributed by atoms with Crippen molar-refractivity contribution in [3.63, 3.8) is 0 Å². The van der Waals surface area contributed by atoms with Gasteiger partial charge in [-0.1, -0.05) is 42.5 Å². The molecule has 0 N–H and O–H groups in total. The average Bonchev–Trinajstić information content (AvgIpc) is 3.26. The zero-order valence-electron chi connectivity index (χ0n) is 19.3. The first-order chi connectivity index (χ1) is 16.7. The lowest BCUT2D eigenvalue weighted by Gasteiger charge is -2.35. The van der Waals surface area contributed by atoms with E-state index in [1.165, 1.54) is 16.7 Å². The largest absolute Gasteiger partial charge is 0.454 e. The number of fused-ring (bicyclic) bond motifs is 3. The maximum absolute atomic E-state index is 13.7. The van der Waals surface area contributed by atoms with Gasteiger partial charge in [-0.3, -0.25) is 19.5 Å². The van der Waals surface area contributed by atoms with Crippen LogP contribution in [0, 0.1) is 0 Å². The SMILES string of the molecule is O=C(CN1CCN(Cc2ccc3c(c2)OCO3)CC1)N1c2ccccc2CCc2ccccc21. The third kappa shape index (κ3) is 4.15. The molecule has 3 aromatic carbocycles. The minimum absolute atomic E-state index is 0.144. The van der Waals surface area contributed by atoms with Crippen molar-refractivity contribution >= 4 is 17.3 Å². The molecule has 6 heteroatoms. The summed E-state index contributed by atoms with van der Waals surface area (Å²) < 4.78 is 10.9. The lowest BCUT2D eigenvalue weighted by molar-refractivity contribution is -0.119. The fourth-order valence-corrected chi connectivity index (χ4v) is 5.21. The van der Waals surface area contributed by atoms with E-state index in [1.807, 2.05) is 23.1 Å². The molecule has 6 rings (SSSR count). The Morgan fingerprint density at radius 2 is 1.35 bits per heavy atom. The molecule has 3 heterocycles. The molecule has 0 bridgehead atoms. The van der Waals surface area contributed by atoms with Crippen LogP contribution in [0.2, 0.25) is 0 Å². The molecule has 3 aliphatic rings. The maximum Gasteiger partial charge on any atom is 0.245 e. The van der Waals surface area contributed by atoms with Gasteiger partial charge in [0.15, 0.2) is 11.5 Å². The highest BCUT2D eigenvalue weighted by atomic mass is 16.7. The summed E-state index contributed by atoms with van der Waals surface area (Å²) in [7, 11) is 0. The van der Waals surface area contributed by atoms with Gasteiger partial charge in [-0.05, 0) is 53.8 Å². The summed E-state index contributed by atoms with van der Waals surface area (Å²) in [6.45, 7) is 5.26. The average molecular weight is 456 g/mol. The number of hydrogen-bond acceptors (Lipinski definition) is 5. The monoisotopic (exact) mass is 455 g/mol. The molecule has 0 aromatic heterocycles. The fourth-order valence-electron chi connectivity index (χ4n) is 5.21. The summed E-state index contributed by atoms with van der Waals surface area (Å²) >= 11 is 0. The zero-order valence-corrected chi connectivity index (χ0v) is 19.3. The van der Waals surface area contributed by atoms with Gasteiger partial charge >= 0.3 is 0 Å². The highest BCUT2D eigenvalue weighted by Crippen LogP contribution is 2.36. The van der Waals surface area contributed by atoms with Gasteiger partial charge in [-0.2, -0.15) is 0 Å². The normalized spacial score (nSPS) is 17.7. The summed E-state index contributed by atoms with van der Waals surface area (Å²) in [4.78, 5) is 20.4. The number of hydrogen-bond donors (Lipinski definition) is 0. The number of para-hydroxylation sites is 2. The summed E-state index contributed by atoms with van der Waals surface area (Å²) in [6.07, 6.45) is 1.91. The Bertz CT molecular complexity index is 1160. The predicted octanol–water partition coefficient (Wildman–Crippen LogP) is 4.00. The Labute approximate surface area is 200 Å². The number of anilines is 2. The quantitative estimate of drug-likeness (QED) is 0.595. The molecular weight excluding hydrogens is 426 g/mol. The number of rotatable bonds is 4. The van der Waals surface area contributed by atoms with E-state index in [9.17, 15) is 4.79 Å². The number of aryl methyl sites for hydroxylation is 2. The van der Waals surface area contributed by atoms with Gasteiger partial charge in [-0.25, -0.2) is 0 Å². The van der Waals surface area contributed by atoms with Crippen molar-refractivity contribution in [3.05, 3.63) is 83.4 Å². The third-order valence-electron chi connectivity index (χ3n) is 7.05. The van der Waals surface area contributed by atoms with Crippen LogP contribution < -0.4 is 14.4 Å². The smallest absolute Gasteiger partial charge is 0.245 e. The van der Waals surface area contributed by atoms with E-state index in [2.05, 4.69) is 58.3 Å². The molecule has 1 fully saturated rings. The summed E-state index contributed by atoms with van der Waals surface area (Å²) in [5.41, 5.74) is 5.76. The van der Waals surface area contributed by atoms with E-state index in [0.29, 0.717) is 13.3 Å². The number of nitrogens with zero attached hydrogens (tertiary/aromatic N) is 3. The van der Waals surface area contributed by atoms with Gasteiger partial charge < -0.3 is 9.47 Å². The molecule has 1 saturated heterocycles. The van der Waals surface area contributed by atoms with Crippen molar-refractivity contribution in [2.24, 2.45) is 0 Å². The molecule has 174 valence electrons. The number of carbonyl (C=O) groups is 1. The zero-order chi connectivity index (χ0) is 22.9. The predicted molar refractivity (Wildman–Crippen MR) is 132 cm³/mol. The number of carbonyl (C=O) groups excluding carboxylic acids is 1. The first-order valence-corrected chi connectivity index (χ1v) is 12.1. The molecule has 0 spiro atoms. The summed E-state index contributed by atoms with van der Waals surface area (Å²) in [6, 6.07) is 22.8. The molecular formula is C28H29N3O3. The van der Waals surface area contributed by atoms with Crippen molar-refractivity contribution in [1.29, 1.82) is 0 Å². The van der Waals surface area contributed by atoms with Gasteiger partial charge in [0.2, 0.25) is 12.7 Å². The van der Waals surface area contributed by atoms with Crippen molar-refractivity contribution in [1.82, 2.24) is 9.80 Å². The Balaban J connectivity index is 1.12. The van der Waals surface area contributed by atoms with Gasteiger partial charge in [0.1, 0.15) is 0 Å². The van der Waals surface area contributed by atoms with Crippen LogP contribution in [0.5, 0.6) is 11.5 Å². The summed E-state index contributed by atoms with van der Waals surface area (Å²) in [5.74, 6) is 1.80. The summed E-state index contributed by atoms with van der Waals surface area (Å²) in [5, 5.41) is 0. The Kier molecular flexibility index (Phi) is 5.69. The van der Waals surface area contributed by atoms with Crippen LogP contribution in [-0.4, -0.2) is 55.2 Å². The minimum Gasteiger partial charge on any atom is -0.454 e. The topological polar surface area (TPSA) is 45.3 Å². The van der Waals surface area contributed by atoms with Gasteiger partial charge in [0.25, 0.3) is 0 Å². The van der Waals surface area contributed by atoms with Crippen molar-refractivity contribution in [2.75, 3.05) is 44.4 Å². The van der Waals surface area contributed by atoms with E-state index in [1.54, 1.807) is 0 Å². The standard InChI is InChI=1S/C28H29N3O3/c32-28(31-24-7-3-1-5-22(24)10-11-23-6-2-4-8-25(23)31)19-30-15-13-29(14-16-30)18-21-9-12-26-27(17-21)34-20-33-26/h1-9,12,17H,10-11,13-16,18-20H2. The molecule has 0 radical (unpaired) electrons. The van der Waals surface area contributed by atoms with Crippen LogP contribution in [-0.2, 0) is 24.2 Å². The number of amides is 1. The van der Waals surface area contributed by atoms with Crippen LogP contribution in [0.3, 0.4) is 0 Å². The minimum atomic E-state index is 0.144. The van der Waals surface area contributed by atoms with Crippen molar-refractivity contribution in [3.8, 4) is 11.5 Å². The van der Waals surface area contributed by atoms with Crippen molar-refractivity contribution < 1.29 is 14.3 Å². The van der Waals surface area contributed by atoms with Gasteiger partial charge in [0.05, 0.1) is 17.9 Å². The van der Waals surface area contributed by atoms with Crippen LogP contribution in [0.1, 0.15) is 16.7 Å². The first kappa shape index (κ1) is 21.2. The molecule has 0 saturated carbocycles. The van der Waals surface area contributed by atoms with Crippen LogP contribution in [0.25, 0.3) is 0 Å². The van der Waals surface area contributed by atoms with Gasteiger partial charge in [0, 0.05) is 32.7 Å². The van der Waals surface area contributed by atoms with E-state index in [0.717, 1.165) is 68.4 Å². The molecule has 1 amide bonds. The van der Waals surface area contributed by atoms with Crippen LogP contribution in [0.15, 0.2) is 66.7 Å². The lowest BCUT2D eigenvalue weighted by atomic mass is 10.0. The maximum atomic E-state index is 13.7. The van der Waals surface area contributed by atoms with E-state index in [4.69, 9.17) is 9.47 Å². The van der Waals surface area contributed by atoms with Gasteiger partial charge in [-0.15, -0.1) is 0 Å². The lowest BCUT2D eigenvalue weighted by Crippen LogP contribution is -2.49. The second-order valence-electron chi connectivity index (χ2n) is 9.23. The highest BCUT2D eigenvalue weighted by molar-refractivity contribution is 6.03. The number of benzene rings is 3. The molecule has 6 nitrogen and oxygen atoms in total. The van der Waals surface area contributed by atoms with Crippen LogP contribution >= 0.6 is 0 Å². The Morgan fingerprint density at radius 1 is 0.735 bits per heavy atom. The molecule has 34 heavy (non-hydrogen) atoms. The van der Waals surface area contributed by atoms with Crippen LogP contribution in [0.4, 0.5) is 11.4 Å². The molecule has 0 aliphatic carbocycles. The third-order valence-corrected chi connectivity index (χ3v) is 7.05. The van der Waals surface area contributed by atoms with E-state index in [-0.39, 0.29) is 5.91 Å². The number of piperazine rings is 1. The molecule has 0 unspecified atom stereocenters. The van der Waals surface area contributed by atoms with Crippen molar-refractivity contribution in [2.45, 2.75) is 19.4 Å². The van der Waals surface area contributed by atoms with E-state index >= 15 is 0 Å². The second-order valence-corrected chi connectivity index (χ2v) is 9.23. The number of ether oxygens (including phenoxy) is 2. The first-order valence-electron chi connectivity index (χ1n) is 12.1. The Hall–Kier alpha value is -3.35. The molecule has 3 aromatic rings. The fraction of sp³-hybridized carbons (Fsp3) is 0.321. The molecule has 3 aliphatic heterocycles. The van der Waals surface area contributed by atoms with E-state index < -0.39 is 0 Å². The Morgan fingerprint density at radius 3 is 2.06 bits per heavy atom. The second kappa shape index (κ2) is 9.12. The highest BCUT2D eigenvalue weighted by Gasteiger charge is 2.28. The molecule has 0 atom stereocenters.